The first-order valence-electron chi connectivity index (χ1n) is 8.66. The normalized spacial score (nSPS) is 26.6. The van der Waals surface area contributed by atoms with Gasteiger partial charge < -0.3 is 24.4 Å². The molecule has 0 aliphatic carbocycles. The minimum Gasteiger partial charge on any atom is -0.493 e. The van der Waals surface area contributed by atoms with Crippen molar-refractivity contribution < 1.29 is 19.0 Å². The summed E-state index contributed by atoms with van der Waals surface area (Å²) in [7, 11) is 3.48. The van der Waals surface area contributed by atoms with Crippen LogP contribution in [-0.4, -0.2) is 56.3 Å². The van der Waals surface area contributed by atoms with E-state index in [0.717, 1.165) is 12.8 Å². The molecule has 3 aliphatic rings. The molecule has 0 spiro atoms. The van der Waals surface area contributed by atoms with E-state index in [2.05, 4.69) is 5.32 Å². The van der Waals surface area contributed by atoms with Crippen LogP contribution in [0.5, 0.6) is 17.2 Å². The molecule has 1 N–H and O–H groups in total. The maximum Gasteiger partial charge on any atom is 0.254 e. The number of nitrogens with one attached hydrogen (secondary N) is 1. The van der Waals surface area contributed by atoms with Gasteiger partial charge in [-0.25, -0.2) is 0 Å². The number of benzene rings is 1. The van der Waals surface area contributed by atoms with Gasteiger partial charge in [-0.05, 0) is 37.8 Å². The van der Waals surface area contributed by atoms with Crippen LogP contribution in [-0.2, 0) is 0 Å². The zero-order valence-electron chi connectivity index (χ0n) is 14.6. The zero-order valence-corrected chi connectivity index (χ0v) is 15.4. The van der Waals surface area contributed by atoms with Gasteiger partial charge in [0.1, 0.15) is 13.2 Å². The van der Waals surface area contributed by atoms with E-state index in [1.165, 1.54) is 12.8 Å². The highest BCUT2D eigenvalue weighted by Crippen LogP contribution is 2.41. The van der Waals surface area contributed by atoms with Crippen LogP contribution >= 0.6 is 12.4 Å². The fourth-order valence-electron chi connectivity index (χ4n) is 4.11. The van der Waals surface area contributed by atoms with Crippen LogP contribution < -0.4 is 19.5 Å². The van der Waals surface area contributed by atoms with E-state index in [1.54, 1.807) is 19.2 Å². The summed E-state index contributed by atoms with van der Waals surface area (Å²) in [4.78, 5) is 14.9. The summed E-state index contributed by atoms with van der Waals surface area (Å²) in [6, 6.07) is 4.92. The molecular formula is C18H25ClN2O4. The van der Waals surface area contributed by atoms with E-state index in [0.29, 0.717) is 48.1 Å². The van der Waals surface area contributed by atoms with Gasteiger partial charge in [0.05, 0.1) is 7.11 Å². The average Bonchev–Trinajstić information content (AvgIpc) is 2.97. The molecule has 2 bridgehead atoms. The van der Waals surface area contributed by atoms with Crippen LogP contribution in [0.15, 0.2) is 12.1 Å². The standard InChI is InChI=1S/C18H24N2O4.ClH/c1-20(14-9-12-3-4-13(10-14)19-12)18(21)11-7-15(22-2)17-16(8-11)23-5-6-24-17;/h7-8,12-14,19H,3-6,9-10H2,1-2H3;1H. The summed E-state index contributed by atoms with van der Waals surface area (Å²) in [6.45, 7) is 0.982. The van der Waals surface area contributed by atoms with Crippen molar-refractivity contribution in [2.24, 2.45) is 0 Å². The Labute approximate surface area is 154 Å². The summed E-state index contributed by atoms with van der Waals surface area (Å²) in [6.07, 6.45) is 4.50. The molecule has 2 atom stereocenters. The lowest BCUT2D eigenvalue weighted by Crippen LogP contribution is -2.48. The van der Waals surface area contributed by atoms with Crippen LogP contribution in [0.3, 0.4) is 0 Å². The molecule has 4 rings (SSSR count). The first kappa shape index (κ1) is 18.1. The topological polar surface area (TPSA) is 60.0 Å². The molecule has 1 aromatic carbocycles. The van der Waals surface area contributed by atoms with Crippen molar-refractivity contribution in [3.63, 3.8) is 0 Å². The second-order valence-electron chi connectivity index (χ2n) is 6.88. The molecular weight excluding hydrogens is 344 g/mol. The van der Waals surface area contributed by atoms with Gasteiger partial charge in [-0.3, -0.25) is 4.79 Å². The lowest BCUT2D eigenvalue weighted by molar-refractivity contribution is 0.0680. The van der Waals surface area contributed by atoms with Crippen LogP contribution in [0.1, 0.15) is 36.0 Å². The highest BCUT2D eigenvalue weighted by atomic mass is 35.5. The molecule has 138 valence electrons. The summed E-state index contributed by atoms with van der Waals surface area (Å²) in [5.74, 6) is 1.73. The first-order valence-corrected chi connectivity index (χ1v) is 8.66. The summed E-state index contributed by atoms with van der Waals surface area (Å²) >= 11 is 0. The number of carbonyl (C=O) groups is 1. The highest BCUT2D eigenvalue weighted by Gasteiger charge is 2.36. The lowest BCUT2D eigenvalue weighted by Gasteiger charge is -2.35. The number of halogens is 1. The molecule has 6 nitrogen and oxygen atoms in total. The van der Waals surface area contributed by atoms with Crippen molar-refractivity contribution >= 4 is 18.3 Å². The zero-order chi connectivity index (χ0) is 16.7. The Kier molecular flexibility index (Phi) is 5.29. The molecule has 2 fully saturated rings. The third kappa shape index (κ3) is 3.37. The Morgan fingerprint density at radius 1 is 1.20 bits per heavy atom. The number of hydrogen-bond acceptors (Lipinski definition) is 5. The number of carbonyl (C=O) groups excluding carboxylic acids is 1. The molecule has 2 unspecified atom stereocenters. The van der Waals surface area contributed by atoms with Crippen molar-refractivity contribution in [1.29, 1.82) is 0 Å². The molecule has 25 heavy (non-hydrogen) atoms. The van der Waals surface area contributed by atoms with Crippen molar-refractivity contribution in [3.8, 4) is 17.2 Å². The van der Waals surface area contributed by atoms with Gasteiger partial charge in [0, 0.05) is 30.7 Å². The number of rotatable bonds is 3. The average molecular weight is 369 g/mol. The smallest absolute Gasteiger partial charge is 0.254 e. The van der Waals surface area contributed by atoms with E-state index < -0.39 is 0 Å². The van der Waals surface area contributed by atoms with Gasteiger partial charge in [0.25, 0.3) is 5.91 Å². The quantitative estimate of drug-likeness (QED) is 0.886. The molecule has 0 saturated carbocycles. The second-order valence-corrected chi connectivity index (χ2v) is 6.88. The van der Waals surface area contributed by atoms with Gasteiger partial charge in [-0.2, -0.15) is 0 Å². The summed E-state index contributed by atoms with van der Waals surface area (Å²) < 4.78 is 16.6. The fraction of sp³-hybridized carbons (Fsp3) is 0.611. The molecule has 7 heteroatoms. The van der Waals surface area contributed by atoms with E-state index in [-0.39, 0.29) is 24.4 Å². The van der Waals surface area contributed by atoms with Crippen molar-refractivity contribution in [2.45, 2.75) is 43.8 Å². The number of hydrogen-bond donors (Lipinski definition) is 1. The third-order valence-electron chi connectivity index (χ3n) is 5.39. The molecule has 3 aliphatic heterocycles. The Hall–Kier alpha value is -1.66. The monoisotopic (exact) mass is 368 g/mol. The largest absolute Gasteiger partial charge is 0.493 e. The summed E-state index contributed by atoms with van der Waals surface area (Å²) in [5, 5.41) is 3.62. The molecule has 1 amide bonds. The second kappa shape index (κ2) is 7.30. The van der Waals surface area contributed by atoms with E-state index >= 15 is 0 Å². The Morgan fingerprint density at radius 3 is 2.56 bits per heavy atom. The number of nitrogens with zero attached hydrogens (tertiary/aromatic N) is 1. The summed E-state index contributed by atoms with van der Waals surface area (Å²) in [5.41, 5.74) is 0.587. The molecule has 0 aromatic heterocycles. The van der Waals surface area contributed by atoms with Crippen LogP contribution in [0, 0.1) is 0 Å². The van der Waals surface area contributed by atoms with Crippen LogP contribution in [0.4, 0.5) is 0 Å². The number of ether oxygens (including phenoxy) is 3. The number of amides is 1. The number of piperidine rings is 1. The van der Waals surface area contributed by atoms with Crippen LogP contribution in [0.25, 0.3) is 0 Å². The number of methoxy groups -OCH3 is 1. The van der Waals surface area contributed by atoms with Gasteiger partial charge in [-0.1, -0.05) is 0 Å². The van der Waals surface area contributed by atoms with Gasteiger partial charge >= 0.3 is 0 Å². The lowest BCUT2D eigenvalue weighted by atomic mass is 9.98. The maximum atomic E-state index is 13.0. The van der Waals surface area contributed by atoms with E-state index in [1.807, 2.05) is 11.9 Å². The minimum atomic E-state index is 0. The Morgan fingerprint density at radius 2 is 1.88 bits per heavy atom. The maximum absolute atomic E-state index is 13.0. The Balaban J connectivity index is 0.00000182. The van der Waals surface area contributed by atoms with Crippen molar-refractivity contribution in [3.05, 3.63) is 17.7 Å². The fourth-order valence-corrected chi connectivity index (χ4v) is 4.11. The third-order valence-corrected chi connectivity index (χ3v) is 5.39. The van der Waals surface area contributed by atoms with Gasteiger partial charge in [0.2, 0.25) is 5.75 Å². The van der Waals surface area contributed by atoms with Crippen LogP contribution in [0.2, 0.25) is 0 Å². The predicted octanol–water partition coefficient (Wildman–Crippen LogP) is 2.24. The van der Waals surface area contributed by atoms with Crippen molar-refractivity contribution in [1.82, 2.24) is 10.2 Å². The highest BCUT2D eigenvalue weighted by molar-refractivity contribution is 5.95. The van der Waals surface area contributed by atoms with Gasteiger partial charge in [-0.15, -0.1) is 12.4 Å². The van der Waals surface area contributed by atoms with Crippen molar-refractivity contribution in [2.75, 3.05) is 27.4 Å². The molecule has 2 saturated heterocycles. The van der Waals surface area contributed by atoms with E-state index in [9.17, 15) is 4.79 Å². The van der Waals surface area contributed by atoms with Gasteiger partial charge in [0.15, 0.2) is 11.5 Å². The molecule has 1 aromatic rings. The van der Waals surface area contributed by atoms with E-state index in [4.69, 9.17) is 14.2 Å². The molecule has 3 heterocycles. The molecule has 0 radical (unpaired) electrons. The first-order chi connectivity index (χ1) is 11.7. The minimum absolute atomic E-state index is 0. The SMILES string of the molecule is COc1cc(C(=O)N(C)C2CC3CCC(C2)N3)cc2c1OCCO2.Cl. The predicted molar refractivity (Wildman–Crippen MR) is 96.3 cm³/mol. The Bertz CT molecular complexity index is 625. The number of fused-ring (bicyclic) bond motifs is 3.